The molecule has 0 saturated carbocycles. The van der Waals surface area contributed by atoms with Crippen LogP contribution in [0.25, 0.3) is 0 Å². The fraction of sp³-hybridized carbons (Fsp3) is 0.188. The fourth-order valence-electron chi connectivity index (χ4n) is 2.01. The average Bonchev–Trinajstić information content (AvgIpc) is 2.45. The van der Waals surface area contributed by atoms with Gasteiger partial charge in [-0.2, -0.15) is 0 Å². The van der Waals surface area contributed by atoms with E-state index < -0.39 is 28.9 Å². The van der Waals surface area contributed by atoms with Gasteiger partial charge in [0.1, 0.15) is 28.8 Å². The van der Waals surface area contributed by atoms with Gasteiger partial charge in [-0.3, -0.25) is 4.79 Å². The van der Waals surface area contributed by atoms with Crippen LogP contribution < -0.4 is 0 Å². The van der Waals surface area contributed by atoms with E-state index in [0.717, 1.165) is 5.56 Å². The minimum atomic E-state index is -1.11. The summed E-state index contributed by atoms with van der Waals surface area (Å²) < 4.78 is 39.4. The number of hydrogen-bond donors (Lipinski definition) is 1. The van der Waals surface area contributed by atoms with Crippen molar-refractivity contribution in [2.24, 2.45) is 0 Å². The van der Waals surface area contributed by atoms with Crippen LogP contribution in [0.1, 0.15) is 15.9 Å². The first-order valence-corrected chi connectivity index (χ1v) is 6.56. The molecule has 2 rings (SSSR count). The van der Waals surface area contributed by atoms with Gasteiger partial charge in [-0.05, 0) is 24.1 Å². The topological polar surface area (TPSA) is 40.5 Å². The minimum absolute atomic E-state index is 0.237. The highest BCUT2D eigenvalue weighted by molar-refractivity contribution is 5.96. The van der Waals surface area contributed by atoms with Gasteiger partial charge in [0, 0.05) is 25.7 Å². The summed E-state index contributed by atoms with van der Waals surface area (Å²) in [6.07, 6.45) is 0.437. The molecular formula is C16H14F3NO2. The molecule has 0 aliphatic heterocycles. The molecule has 116 valence electrons. The third-order valence-electron chi connectivity index (χ3n) is 3.24. The molecule has 6 heteroatoms. The molecule has 0 heterocycles. The zero-order valence-electron chi connectivity index (χ0n) is 11.8. The summed E-state index contributed by atoms with van der Waals surface area (Å²) in [5.41, 5.74) is 0.243. The standard InChI is InChI=1S/C16H14F3NO2/c1-20(7-6-10-2-4-11(17)5-3-10)16(22)15-13(19)8-12(18)9-14(15)21/h2-5,8-9,21H,6-7H2,1H3. The van der Waals surface area contributed by atoms with Crippen LogP contribution in [-0.4, -0.2) is 29.5 Å². The molecule has 1 N–H and O–H groups in total. The molecule has 0 saturated heterocycles. The normalized spacial score (nSPS) is 10.5. The first kappa shape index (κ1) is 15.9. The highest BCUT2D eigenvalue weighted by Crippen LogP contribution is 2.23. The van der Waals surface area contributed by atoms with Gasteiger partial charge in [0.05, 0.1) is 0 Å². The highest BCUT2D eigenvalue weighted by Gasteiger charge is 2.21. The summed E-state index contributed by atoms with van der Waals surface area (Å²) in [6, 6.07) is 7.02. The molecule has 0 atom stereocenters. The second kappa shape index (κ2) is 6.51. The van der Waals surface area contributed by atoms with E-state index in [-0.39, 0.29) is 12.4 Å². The summed E-state index contributed by atoms with van der Waals surface area (Å²) in [4.78, 5) is 13.3. The molecule has 0 unspecified atom stereocenters. The molecule has 0 fully saturated rings. The van der Waals surface area contributed by atoms with Gasteiger partial charge in [0.2, 0.25) is 0 Å². The van der Waals surface area contributed by atoms with Crippen LogP contribution in [0.3, 0.4) is 0 Å². The zero-order chi connectivity index (χ0) is 16.3. The first-order valence-electron chi connectivity index (χ1n) is 6.56. The molecular weight excluding hydrogens is 295 g/mol. The highest BCUT2D eigenvalue weighted by atomic mass is 19.1. The third-order valence-corrected chi connectivity index (χ3v) is 3.24. The van der Waals surface area contributed by atoms with Crippen molar-refractivity contribution in [3.8, 4) is 5.75 Å². The molecule has 2 aromatic carbocycles. The van der Waals surface area contributed by atoms with E-state index in [9.17, 15) is 23.1 Å². The number of carbonyl (C=O) groups is 1. The van der Waals surface area contributed by atoms with E-state index in [0.29, 0.717) is 18.6 Å². The number of amides is 1. The molecule has 2 aromatic rings. The quantitative estimate of drug-likeness (QED) is 0.942. The Hall–Kier alpha value is -2.50. The zero-order valence-corrected chi connectivity index (χ0v) is 11.8. The Bertz CT molecular complexity index is 663. The van der Waals surface area contributed by atoms with Gasteiger partial charge in [-0.1, -0.05) is 12.1 Å². The number of benzene rings is 2. The predicted molar refractivity (Wildman–Crippen MR) is 75.1 cm³/mol. The van der Waals surface area contributed by atoms with Crippen LogP contribution >= 0.6 is 0 Å². The summed E-state index contributed by atoms with van der Waals surface area (Å²) >= 11 is 0. The van der Waals surface area contributed by atoms with Gasteiger partial charge in [-0.25, -0.2) is 13.2 Å². The van der Waals surface area contributed by atoms with Gasteiger partial charge < -0.3 is 10.0 Å². The molecule has 0 aliphatic carbocycles. The monoisotopic (exact) mass is 309 g/mol. The lowest BCUT2D eigenvalue weighted by Crippen LogP contribution is -2.29. The Labute approximate surface area is 125 Å². The van der Waals surface area contributed by atoms with Crippen LogP contribution in [0.2, 0.25) is 0 Å². The van der Waals surface area contributed by atoms with E-state index in [2.05, 4.69) is 0 Å². The molecule has 0 aromatic heterocycles. The lowest BCUT2D eigenvalue weighted by molar-refractivity contribution is 0.0788. The van der Waals surface area contributed by atoms with Crippen molar-refractivity contribution in [2.75, 3.05) is 13.6 Å². The number of phenolic OH excluding ortho intramolecular Hbond substituents is 1. The number of hydrogen-bond acceptors (Lipinski definition) is 2. The van der Waals surface area contributed by atoms with Crippen LogP contribution in [0.15, 0.2) is 36.4 Å². The Morgan fingerprint density at radius 2 is 1.73 bits per heavy atom. The summed E-state index contributed by atoms with van der Waals surface area (Å²) in [7, 11) is 1.44. The van der Waals surface area contributed by atoms with Crippen molar-refractivity contribution in [3.05, 3.63) is 65.0 Å². The lowest BCUT2D eigenvalue weighted by atomic mass is 10.1. The Morgan fingerprint density at radius 1 is 1.09 bits per heavy atom. The number of likely N-dealkylation sites (N-methyl/N-ethyl adjacent to an activating group) is 1. The number of aromatic hydroxyl groups is 1. The predicted octanol–water partition coefficient (Wildman–Crippen LogP) is 3.12. The SMILES string of the molecule is CN(CCc1ccc(F)cc1)C(=O)c1c(O)cc(F)cc1F. The molecule has 0 bridgehead atoms. The van der Waals surface area contributed by atoms with Crippen molar-refractivity contribution in [2.45, 2.75) is 6.42 Å². The minimum Gasteiger partial charge on any atom is -0.507 e. The second-order valence-electron chi connectivity index (χ2n) is 4.88. The summed E-state index contributed by atoms with van der Waals surface area (Å²) in [5, 5.41) is 9.54. The van der Waals surface area contributed by atoms with E-state index in [1.807, 2.05) is 0 Å². The van der Waals surface area contributed by atoms with E-state index in [4.69, 9.17) is 0 Å². The third kappa shape index (κ3) is 3.58. The largest absolute Gasteiger partial charge is 0.507 e. The molecule has 0 aliphatic rings. The van der Waals surface area contributed by atoms with Gasteiger partial charge >= 0.3 is 0 Å². The van der Waals surface area contributed by atoms with E-state index in [1.54, 1.807) is 12.1 Å². The Morgan fingerprint density at radius 3 is 2.32 bits per heavy atom. The molecule has 0 radical (unpaired) electrons. The van der Waals surface area contributed by atoms with E-state index >= 15 is 0 Å². The van der Waals surface area contributed by atoms with E-state index in [1.165, 1.54) is 24.1 Å². The van der Waals surface area contributed by atoms with Crippen molar-refractivity contribution in [1.29, 1.82) is 0 Å². The first-order chi connectivity index (χ1) is 10.4. The second-order valence-corrected chi connectivity index (χ2v) is 4.88. The van der Waals surface area contributed by atoms with Crippen LogP contribution in [0.5, 0.6) is 5.75 Å². The molecule has 0 spiro atoms. The molecule has 1 amide bonds. The number of carbonyl (C=O) groups excluding carboxylic acids is 1. The maximum atomic E-state index is 13.6. The number of rotatable bonds is 4. The number of nitrogens with zero attached hydrogens (tertiary/aromatic N) is 1. The fourth-order valence-corrected chi connectivity index (χ4v) is 2.01. The lowest BCUT2D eigenvalue weighted by Gasteiger charge is -2.18. The van der Waals surface area contributed by atoms with Crippen LogP contribution in [0, 0.1) is 17.5 Å². The number of halogens is 3. The summed E-state index contributed by atoms with van der Waals surface area (Å²) in [5.74, 6) is -3.92. The Kier molecular flexibility index (Phi) is 4.70. The van der Waals surface area contributed by atoms with Gasteiger partial charge in [0.15, 0.2) is 0 Å². The van der Waals surface area contributed by atoms with Crippen LogP contribution in [0.4, 0.5) is 13.2 Å². The van der Waals surface area contributed by atoms with Crippen molar-refractivity contribution in [3.63, 3.8) is 0 Å². The van der Waals surface area contributed by atoms with Crippen molar-refractivity contribution in [1.82, 2.24) is 4.90 Å². The summed E-state index contributed by atoms with van der Waals surface area (Å²) in [6.45, 7) is 0.237. The maximum absolute atomic E-state index is 13.6. The average molecular weight is 309 g/mol. The van der Waals surface area contributed by atoms with Gasteiger partial charge in [-0.15, -0.1) is 0 Å². The Balaban J connectivity index is 2.08. The van der Waals surface area contributed by atoms with Crippen molar-refractivity contribution >= 4 is 5.91 Å². The van der Waals surface area contributed by atoms with Crippen LogP contribution in [-0.2, 0) is 6.42 Å². The maximum Gasteiger partial charge on any atom is 0.260 e. The van der Waals surface area contributed by atoms with Gasteiger partial charge in [0.25, 0.3) is 5.91 Å². The van der Waals surface area contributed by atoms with Crippen molar-refractivity contribution < 1.29 is 23.1 Å². The smallest absolute Gasteiger partial charge is 0.260 e. The molecule has 3 nitrogen and oxygen atoms in total. The molecule has 22 heavy (non-hydrogen) atoms. The number of phenols is 1.